The number of nitrogens with zero attached hydrogens (tertiary/aromatic N) is 1. The highest BCUT2D eigenvalue weighted by molar-refractivity contribution is 6.22. The lowest BCUT2D eigenvalue weighted by atomic mass is 9.85. The average molecular weight is 401 g/mol. The van der Waals surface area contributed by atoms with Gasteiger partial charge in [0.2, 0.25) is 17.6 Å². The van der Waals surface area contributed by atoms with E-state index < -0.39 is 6.10 Å². The molecule has 30 heavy (non-hydrogen) atoms. The molecule has 1 saturated heterocycles. The van der Waals surface area contributed by atoms with E-state index in [2.05, 4.69) is 12.2 Å². The highest BCUT2D eigenvalue weighted by Gasteiger charge is 2.59. The number of hydrogen-bond donors (Lipinski definition) is 0. The Balaban J connectivity index is 1.35. The summed E-state index contributed by atoms with van der Waals surface area (Å²) in [5.74, 6) is -0.0324. The van der Waals surface area contributed by atoms with Crippen LogP contribution in [0.5, 0.6) is 5.75 Å². The van der Waals surface area contributed by atoms with Gasteiger partial charge in [0.1, 0.15) is 5.75 Å². The fourth-order valence-corrected chi connectivity index (χ4v) is 5.06. The predicted molar refractivity (Wildman–Crippen MR) is 112 cm³/mol. The van der Waals surface area contributed by atoms with Crippen molar-refractivity contribution in [1.82, 2.24) is 0 Å². The Labute approximate surface area is 175 Å². The summed E-state index contributed by atoms with van der Waals surface area (Å²) < 4.78 is 5.87. The first kappa shape index (κ1) is 18.8. The maximum atomic E-state index is 13.0. The van der Waals surface area contributed by atoms with Gasteiger partial charge in [0.15, 0.2) is 6.10 Å². The number of carbonyl (C=O) groups excluding carboxylic acids is 3. The zero-order valence-electron chi connectivity index (χ0n) is 16.9. The van der Waals surface area contributed by atoms with Crippen LogP contribution in [0.3, 0.4) is 0 Å². The van der Waals surface area contributed by atoms with Gasteiger partial charge in [0.05, 0.1) is 17.5 Å². The zero-order chi connectivity index (χ0) is 21.0. The molecular formula is C25H23NO4. The number of hydrogen-bond acceptors (Lipinski definition) is 4. The van der Waals surface area contributed by atoms with Crippen LogP contribution < -0.4 is 9.64 Å². The molecule has 2 amide bonds. The first-order valence-corrected chi connectivity index (χ1v) is 10.4. The summed E-state index contributed by atoms with van der Waals surface area (Å²) in [6.45, 7) is 3.67. The van der Waals surface area contributed by atoms with E-state index in [-0.39, 0.29) is 41.3 Å². The van der Waals surface area contributed by atoms with Gasteiger partial charge in [-0.05, 0) is 44.2 Å². The number of anilines is 1. The highest BCUT2D eigenvalue weighted by Crippen LogP contribution is 2.53. The first-order chi connectivity index (χ1) is 14.4. The largest absolute Gasteiger partial charge is 0.482 e. The monoisotopic (exact) mass is 401 g/mol. The molecule has 5 rings (SSSR count). The van der Waals surface area contributed by atoms with Crippen molar-refractivity contribution < 1.29 is 19.1 Å². The van der Waals surface area contributed by atoms with E-state index in [1.54, 1.807) is 43.3 Å². The van der Waals surface area contributed by atoms with E-state index in [0.29, 0.717) is 17.0 Å². The van der Waals surface area contributed by atoms with Crippen molar-refractivity contribution >= 4 is 23.3 Å². The summed E-state index contributed by atoms with van der Waals surface area (Å²) in [7, 11) is 0. The van der Waals surface area contributed by atoms with Gasteiger partial charge in [0, 0.05) is 11.6 Å². The van der Waals surface area contributed by atoms with Crippen LogP contribution in [-0.2, 0) is 9.59 Å². The molecule has 2 aliphatic carbocycles. The van der Waals surface area contributed by atoms with E-state index in [4.69, 9.17) is 4.74 Å². The van der Waals surface area contributed by atoms with Crippen LogP contribution in [0, 0.1) is 30.6 Å². The molecule has 3 aliphatic rings. The molecule has 1 aliphatic heterocycles. The van der Waals surface area contributed by atoms with Crippen molar-refractivity contribution in [3.05, 3.63) is 71.8 Å². The van der Waals surface area contributed by atoms with Crippen LogP contribution >= 0.6 is 0 Å². The lowest BCUT2D eigenvalue weighted by Gasteiger charge is -2.19. The number of carbonyl (C=O) groups is 3. The molecule has 0 aromatic heterocycles. The van der Waals surface area contributed by atoms with Gasteiger partial charge >= 0.3 is 0 Å². The molecule has 2 aromatic carbocycles. The lowest BCUT2D eigenvalue weighted by molar-refractivity contribution is -0.123. The van der Waals surface area contributed by atoms with Crippen LogP contribution in [0.25, 0.3) is 0 Å². The van der Waals surface area contributed by atoms with Crippen LogP contribution in [0.4, 0.5) is 5.69 Å². The molecule has 0 unspecified atom stereocenters. The first-order valence-electron chi connectivity index (χ1n) is 10.4. The summed E-state index contributed by atoms with van der Waals surface area (Å²) in [5.41, 5.74) is 2.18. The Morgan fingerprint density at radius 1 is 1.00 bits per heavy atom. The standard InChI is InChI=1S/C25H23NO4/c1-14-6-8-16(9-7-14)23(27)15(2)30-20-5-3-4-19(13-20)26-24(28)21-17-10-11-18(12-17)22(21)25(26)29/h3-11,13,15,17-18,21-22H,12H2,1-2H3/t15-,17+,18+,21+,22+/m1/s1. The summed E-state index contributed by atoms with van der Waals surface area (Å²) in [6.07, 6.45) is 4.38. The lowest BCUT2D eigenvalue weighted by Crippen LogP contribution is -2.33. The van der Waals surface area contributed by atoms with Gasteiger partial charge in [-0.15, -0.1) is 0 Å². The maximum Gasteiger partial charge on any atom is 0.238 e. The molecule has 1 heterocycles. The second-order valence-electron chi connectivity index (χ2n) is 8.50. The van der Waals surface area contributed by atoms with E-state index in [1.807, 2.05) is 19.1 Å². The molecule has 0 radical (unpaired) electrons. The normalized spacial score (nSPS) is 27.5. The molecular weight excluding hydrogens is 378 g/mol. The molecule has 1 saturated carbocycles. The Morgan fingerprint density at radius 2 is 1.63 bits per heavy atom. The Bertz CT molecular complexity index is 1040. The van der Waals surface area contributed by atoms with E-state index in [0.717, 1.165) is 12.0 Å². The number of ketones is 1. The summed E-state index contributed by atoms with van der Waals surface area (Å²) in [5, 5.41) is 0. The summed E-state index contributed by atoms with van der Waals surface area (Å²) >= 11 is 0. The number of rotatable bonds is 5. The topological polar surface area (TPSA) is 63.7 Å². The number of imide groups is 1. The number of allylic oxidation sites excluding steroid dienone is 2. The molecule has 0 N–H and O–H groups in total. The smallest absolute Gasteiger partial charge is 0.238 e. The summed E-state index contributed by atoms with van der Waals surface area (Å²) in [6, 6.07) is 14.3. The molecule has 0 spiro atoms. The molecule has 2 bridgehead atoms. The maximum absolute atomic E-state index is 13.0. The fourth-order valence-electron chi connectivity index (χ4n) is 5.06. The SMILES string of the molecule is Cc1ccc(C(=O)[C@@H](C)Oc2cccc(N3C(=O)[C@@H]4[C@@H](C3=O)[C@H]3C=C[C@H]4C3)c2)cc1. The van der Waals surface area contributed by atoms with Crippen molar-refractivity contribution in [2.45, 2.75) is 26.4 Å². The summed E-state index contributed by atoms with van der Waals surface area (Å²) in [4.78, 5) is 40.0. The Morgan fingerprint density at radius 3 is 2.27 bits per heavy atom. The van der Waals surface area contributed by atoms with Crippen molar-refractivity contribution in [3.63, 3.8) is 0 Å². The van der Waals surface area contributed by atoms with Crippen LogP contribution in [0.2, 0.25) is 0 Å². The number of benzene rings is 2. The van der Waals surface area contributed by atoms with Gasteiger partial charge < -0.3 is 4.74 Å². The van der Waals surface area contributed by atoms with Crippen molar-refractivity contribution in [2.24, 2.45) is 23.7 Å². The van der Waals surface area contributed by atoms with E-state index >= 15 is 0 Å². The second-order valence-corrected chi connectivity index (χ2v) is 8.50. The zero-order valence-corrected chi connectivity index (χ0v) is 16.9. The van der Waals surface area contributed by atoms with Gasteiger partial charge in [-0.25, -0.2) is 4.90 Å². The second kappa shape index (κ2) is 6.94. The Hall–Kier alpha value is -3.21. The van der Waals surface area contributed by atoms with Crippen LogP contribution in [-0.4, -0.2) is 23.7 Å². The van der Waals surface area contributed by atoms with E-state index in [9.17, 15) is 14.4 Å². The average Bonchev–Trinajstić information content (AvgIpc) is 3.42. The minimum absolute atomic E-state index is 0.120. The molecule has 2 fully saturated rings. The number of ether oxygens (including phenoxy) is 1. The van der Waals surface area contributed by atoms with Crippen LogP contribution in [0.1, 0.15) is 29.3 Å². The van der Waals surface area contributed by atoms with Gasteiger partial charge in [-0.1, -0.05) is 48.0 Å². The fraction of sp³-hybridized carbons (Fsp3) is 0.320. The number of amides is 2. The van der Waals surface area contributed by atoms with Crippen molar-refractivity contribution in [2.75, 3.05) is 4.90 Å². The molecule has 2 aromatic rings. The molecule has 5 heteroatoms. The van der Waals surface area contributed by atoms with E-state index in [1.165, 1.54) is 4.90 Å². The third-order valence-electron chi connectivity index (χ3n) is 6.56. The minimum Gasteiger partial charge on any atom is -0.482 e. The minimum atomic E-state index is -0.688. The predicted octanol–water partition coefficient (Wildman–Crippen LogP) is 3.96. The van der Waals surface area contributed by atoms with Crippen molar-refractivity contribution in [1.29, 1.82) is 0 Å². The molecule has 152 valence electrons. The Kier molecular flexibility index (Phi) is 4.35. The van der Waals surface area contributed by atoms with Gasteiger partial charge in [-0.2, -0.15) is 0 Å². The van der Waals surface area contributed by atoms with Gasteiger partial charge in [0.25, 0.3) is 0 Å². The highest BCUT2D eigenvalue weighted by atomic mass is 16.5. The third kappa shape index (κ3) is 2.88. The number of Topliss-reactive ketones (excluding diaryl/α,β-unsaturated/α-hetero) is 1. The molecule has 5 nitrogen and oxygen atoms in total. The third-order valence-corrected chi connectivity index (χ3v) is 6.56. The number of fused-ring (bicyclic) bond motifs is 5. The van der Waals surface area contributed by atoms with Gasteiger partial charge in [-0.3, -0.25) is 14.4 Å². The number of aryl methyl sites for hydroxylation is 1. The van der Waals surface area contributed by atoms with Crippen molar-refractivity contribution in [3.8, 4) is 5.75 Å². The van der Waals surface area contributed by atoms with Crippen LogP contribution in [0.15, 0.2) is 60.7 Å². The quantitative estimate of drug-likeness (QED) is 0.432. The molecule has 5 atom stereocenters.